The highest BCUT2D eigenvalue weighted by Gasteiger charge is 2.30. The van der Waals surface area contributed by atoms with E-state index in [9.17, 15) is 0 Å². The minimum absolute atomic E-state index is 0.178. The molecule has 0 saturated heterocycles. The second kappa shape index (κ2) is 5.25. The summed E-state index contributed by atoms with van der Waals surface area (Å²) in [5, 5.41) is 7.54. The second-order valence-electron chi connectivity index (χ2n) is 6.00. The Bertz CT molecular complexity index is 774. The molecule has 22 heavy (non-hydrogen) atoms. The molecule has 2 N–H and O–H groups in total. The molecule has 0 radical (unpaired) electrons. The number of thiocarbonyl (C=S) groups is 1. The third-order valence-electron chi connectivity index (χ3n) is 4.54. The largest absolute Gasteiger partial charge is 0.352 e. The van der Waals surface area contributed by atoms with Gasteiger partial charge in [0.1, 0.15) is 0 Å². The van der Waals surface area contributed by atoms with Gasteiger partial charge in [-0.05, 0) is 48.7 Å². The highest BCUT2D eigenvalue weighted by atomic mass is 32.1. The van der Waals surface area contributed by atoms with Crippen molar-refractivity contribution in [2.75, 3.05) is 0 Å². The molecule has 2 aromatic carbocycles. The molecular formula is C19H18N2S. The third-order valence-corrected chi connectivity index (χ3v) is 4.76. The van der Waals surface area contributed by atoms with Crippen molar-refractivity contribution >= 4 is 23.0 Å². The minimum atomic E-state index is 0.178. The van der Waals surface area contributed by atoms with Crippen LogP contribution < -0.4 is 10.6 Å². The molecule has 0 saturated carbocycles. The van der Waals surface area contributed by atoms with E-state index in [4.69, 9.17) is 12.2 Å². The Morgan fingerprint density at radius 1 is 1.00 bits per heavy atom. The Labute approximate surface area is 136 Å². The van der Waals surface area contributed by atoms with Crippen LogP contribution in [0.5, 0.6) is 0 Å². The smallest absolute Gasteiger partial charge is 0.171 e. The van der Waals surface area contributed by atoms with E-state index in [-0.39, 0.29) is 6.04 Å². The summed E-state index contributed by atoms with van der Waals surface area (Å²) in [4.78, 5) is 0. The first-order valence-corrected chi connectivity index (χ1v) is 8.08. The average molecular weight is 306 g/mol. The van der Waals surface area contributed by atoms with Crippen molar-refractivity contribution in [2.45, 2.75) is 25.8 Å². The molecule has 2 aliphatic rings. The molecule has 4 rings (SSSR count). The van der Waals surface area contributed by atoms with E-state index < -0.39 is 0 Å². The van der Waals surface area contributed by atoms with E-state index in [2.05, 4.69) is 66.1 Å². The summed E-state index contributed by atoms with van der Waals surface area (Å²) in [5.41, 5.74) is 7.88. The number of hydrogen-bond donors (Lipinski definition) is 2. The van der Waals surface area contributed by atoms with Gasteiger partial charge < -0.3 is 10.6 Å². The molecule has 1 aliphatic heterocycles. The first-order valence-electron chi connectivity index (χ1n) is 7.68. The van der Waals surface area contributed by atoms with E-state index in [1.807, 2.05) is 0 Å². The number of aryl methyl sites for hydroxylation is 2. The van der Waals surface area contributed by atoms with Crippen LogP contribution in [0.3, 0.4) is 0 Å². The van der Waals surface area contributed by atoms with Gasteiger partial charge >= 0.3 is 0 Å². The molecular weight excluding hydrogens is 288 g/mol. The zero-order valence-corrected chi connectivity index (χ0v) is 13.3. The van der Waals surface area contributed by atoms with Gasteiger partial charge in [-0.3, -0.25) is 0 Å². The minimum Gasteiger partial charge on any atom is -0.352 e. The van der Waals surface area contributed by atoms with Crippen LogP contribution in [0.25, 0.3) is 5.70 Å². The Morgan fingerprint density at radius 2 is 1.77 bits per heavy atom. The zero-order chi connectivity index (χ0) is 15.1. The van der Waals surface area contributed by atoms with Crippen LogP contribution in [0, 0.1) is 6.92 Å². The van der Waals surface area contributed by atoms with Crippen LogP contribution >= 0.6 is 12.2 Å². The Morgan fingerprint density at radius 3 is 2.59 bits per heavy atom. The van der Waals surface area contributed by atoms with Crippen LogP contribution in [-0.2, 0) is 6.42 Å². The Hall–Kier alpha value is -2.13. The van der Waals surface area contributed by atoms with Crippen molar-refractivity contribution in [1.29, 1.82) is 0 Å². The van der Waals surface area contributed by atoms with Crippen molar-refractivity contribution in [3.05, 3.63) is 76.4 Å². The lowest BCUT2D eigenvalue weighted by Crippen LogP contribution is -2.44. The van der Waals surface area contributed by atoms with Gasteiger partial charge in [0.05, 0.1) is 6.04 Å². The Balaban J connectivity index is 1.84. The number of benzene rings is 2. The Kier molecular flexibility index (Phi) is 3.23. The molecule has 0 aromatic heterocycles. The van der Waals surface area contributed by atoms with Gasteiger partial charge in [-0.25, -0.2) is 0 Å². The lowest BCUT2D eigenvalue weighted by atomic mass is 9.83. The van der Waals surface area contributed by atoms with Gasteiger partial charge in [-0.1, -0.05) is 54.1 Å². The quantitative estimate of drug-likeness (QED) is 0.782. The zero-order valence-electron chi connectivity index (χ0n) is 12.5. The predicted molar refractivity (Wildman–Crippen MR) is 94.5 cm³/mol. The summed E-state index contributed by atoms with van der Waals surface area (Å²) >= 11 is 5.45. The van der Waals surface area contributed by atoms with E-state index in [1.165, 1.54) is 33.5 Å². The van der Waals surface area contributed by atoms with Crippen LogP contribution in [-0.4, -0.2) is 5.11 Å². The topological polar surface area (TPSA) is 24.1 Å². The van der Waals surface area contributed by atoms with Crippen LogP contribution in [0.1, 0.15) is 34.7 Å². The summed E-state index contributed by atoms with van der Waals surface area (Å²) in [7, 11) is 0. The average Bonchev–Trinajstić information content (AvgIpc) is 2.55. The van der Waals surface area contributed by atoms with Gasteiger partial charge in [0.15, 0.2) is 5.11 Å². The maximum Gasteiger partial charge on any atom is 0.171 e. The molecule has 0 spiro atoms. The molecule has 1 atom stereocenters. The predicted octanol–water partition coefficient (Wildman–Crippen LogP) is 3.87. The summed E-state index contributed by atoms with van der Waals surface area (Å²) in [5.74, 6) is 0. The van der Waals surface area contributed by atoms with E-state index in [1.54, 1.807) is 0 Å². The van der Waals surface area contributed by atoms with Crippen LogP contribution in [0.15, 0.2) is 54.1 Å². The molecule has 0 unspecified atom stereocenters. The summed E-state index contributed by atoms with van der Waals surface area (Å²) in [6.07, 6.45) is 2.15. The van der Waals surface area contributed by atoms with E-state index >= 15 is 0 Å². The van der Waals surface area contributed by atoms with Crippen molar-refractivity contribution < 1.29 is 0 Å². The maximum absolute atomic E-state index is 5.45. The summed E-state index contributed by atoms with van der Waals surface area (Å²) < 4.78 is 0. The molecule has 1 aliphatic carbocycles. The van der Waals surface area contributed by atoms with Gasteiger partial charge in [0.25, 0.3) is 0 Å². The van der Waals surface area contributed by atoms with Crippen molar-refractivity contribution in [3.63, 3.8) is 0 Å². The SMILES string of the molecule is Cc1ccc([C@H]2NC(=S)NC3=C2CCc2ccccc23)cc1. The van der Waals surface area contributed by atoms with Gasteiger partial charge in [-0.15, -0.1) is 0 Å². The fraction of sp³-hybridized carbons (Fsp3) is 0.211. The van der Waals surface area contributed by atoms with Gasteiger partial charge in [0.2, 0.25) is 0 Å². The first-order chi connectivity index (χ1) is 10.7. The lowest BCUT2D eigenvalue weighted by molar-refractivity contribution is 0.667. The highest BCUT2D eigenvalue weighted by Crippen LogP contribution is 2.38. The highest BCUT2D eigenvalue weighted by molar-refractivity contribution is 7.80. The normalized spacial score (nSPS) is 19.9. The molecule has 0 amide bonds. The molecule has 2 nitrogen and oxygen atoms in total. The molecule has 2 aromatic rings. The maximum atomic E-state index is 5.45. The lowest BCUT2D eigenvalue weighted by Gasteiger charge is -2.35. The molecule has 3 heteroatoms. The van der Waals surface area contributed by atoms with Crippen LogP contribution in [0.4, 0.5) is 0 Å². The molecule has 0 bridgehead atoms. The molecule has 110 valence electrons. The van der Waals surface area contributed by atoms with Crippen molar-refractivity contribution in [3.8, 4) is 0 Å². The van der Waals surface area contributed by atoms with Crippen molar-refractivity contribution in [1.82, 2.24) is 10.6 Å². The van der Waals surface area contributed by atoms with Gasteiger partial charge in [-0.2, -0.15) is 0 Å². The second-order valence-corrected chi connectivity index (χ2v) is 6.41. The van der Waals surface area contributed by atoms with Gasteiger partial charge in [0, 0.05) is 11.3 Å². The van der Waals surface area contributed by atoms with E-state index in [0.29, 0.717) is 5.11 Å². The number of rotatable bonds is 1. The fourth-order valence-corrected chi connectivity index (χ4v) is 3.62. The van der Waals surface area contributed by atoms with Crippen molar-refractivity contribution in [2.24, 2.45) is 0 Å². The monoisotopic (exact) mass is 306 g/mol. The summed E-state index contributed by atoms with van der Waals surface area (Å²) in [6, 6.07) is 17.5. The standard InChI is InChI=1S/C19H18N2S/c1-12-6-8-14(9-7-12)17-16-11-10-13-4-2-3-5-15(13)18(16)21-19(22)20-17/h2-9,17H,10-11H2,1H3,(H2,20,21,22)/t17-/m1/s1. The van der Waals surface area contributed by atoms with E-state index in [0.717, 1.165) is 12.8 Å². The molecule has 1 heterocycles. The number of nitrogens with one attached hydrogen (secondary N) is 2. The summed E-state index contributed by atoms with van der Waals surface area (Å²) in [6.45, 7) is 2.12. The first kappa shape index (κ1) is 13.5. The fourth-order valence-electron chi connectivity index (χ4n) is 3.40. The third kappa shape index (κ3) is 2.22. The molecule has 0 fully saturated rings. The van der Waals surface area contributed by atoms with Crippen LogP contribution in [0.2, 0.25) is 0 Å². The number of hydrogen-bond acceptors (Lipinski definition) is 1. The number of fused-ring (bicyclic) bond motifs is 2.